The number of carbonyl (C=O) groups is 1. The molecule has 5 N–H and O–H groups in total. The van der Waals surface area contributed by atoms with E-state index in [1.807, 2.05) is 6.92 Å². The lowest BCUT2D eigenvalue weighted by molar-refractivity contribution is 0.0509. The predicted octanol–water partition coefficient (Wildman–Crippen LogP) is 1.68. The summed E-state index contributed by atoms with van der Waals surface area (Å²) in [7, 11) is -3.48. The Morgan fingerprint density at radius 2 is 1.71 bits per heavy atom. The van der Waals surface area contributed by atoms with Gasteiger partial charge >= 0.3 is 5.97 Å². The van der Waals surface area contributed by atoms with Crippen LogP contribution in [0, 0.1) is 0 Å². The van der Waals surface area contributed by atoms with Crippen LogP contribution in [0.4, 0.5) is 5.69 Å². The number of nitrogens with zero attached hydrogens (tertiary/aromatic N) is 1. The van der Waals surface area contributed by atoms with Gasteiger partial charge in [0.1, 0.15) is 0 Å². The van der Waals surface area contributed by atoms with E-state index < -0.39 is 16.0 Å². The highest BCUT2D eigenvalue weighted by atomic mass is 32.2. The third kappa shape index (κ3) is 6.36. The first-order valence-corrected chi connectivity index (χ1v) is 10.3. The second kappa shape index (κ2) is 9.86. The van der Waals surface area contributed by atoms with Gasteiger partial charge in [-0.2, -0.15) is 0 Å². The molecule has 0 heterocycles. The van der Waals surface area contributed by atoms with Crippen molar-refractivity contribution in [1.82, 2.24) is 4.72 Å². The van der Waals surface area contributed by atoms with Gasteiger partial charge in [-0.05, 0) is 48.4 Å². The largest absolute Gasteiger partial charge is 0.462 e. The molecule has 0 atom stereocenters. The van der Waals surface area contributed by atoms with Crippen molar-refractivity contribution in [3.05, 3.63) is 59.7 Å². The molecule has 0 aromatic heterocycles. The maximum Gasteiger partial charge on any atom is 0.338 e. The maximum atomic E-state index is 12.1. The Hall–Kier alpha value is -2.91. The summed E-state index contributed by atoms with van der Waals surface area (Å²) >= 11 is 0. The van der Waals surface area contributed by atoms with Gasteiger partial charge in [0.15, 0.2) is 5.96 Å². The van der Waals surface area contributed by atoms with Gasteiger partial charge in [0.05, 0.1) is 22.8 Å². The van der Waals surface area contributed by atoms with Crippen LogP contribution < -0.4 is 16.2 Å². The quantitative estimate of drug-likeness (QED) is 0.330. The van der Waals surface area contributed by atoms with Gasteiger partial charge in [0.2, 0.25) is 10.0 Å². The fraction of sp³-hybridized carbons (Fsp3) is 0.263. The zero-order chi connectivity index (χ0) is 20.6. The van der Waals surface area contributed by atoms with E-state index in [-0.39, 0.29) is 17.5 Å². The van der Waals surface area contributed by atoms with Crippen LogP contribution in [0.5, 0.6) is 0 Å². The van der Waals surface area contributed by atoms with E-state index in [4.69, 9.17) is 16.2 Å². The number of guanidine groups is 1. The van der Waals surface area contributed by atoms with E-state index in [0.29, 0.717) is 24.2 Å². The van der Waals surface area contributed by atoms with E-state index >= 15 is 0 Å². The summed E-state index contributed by atoms with van der Waals surface area (Å²) in [4.78, 5) is 16.1. The second-order valence-corrected chi connectivity index (χ2v) is 7.78. The molecule has 2 aromatic rings. The number of hydrogen-bond donors (Lipinski definition) is 3. The van der Waals surface area contributed by atoms with Crippen LogP contribution in [-0.2, 0) is 21.2 Å². The summed E-state index contributed by atoms with van der Waals surface area (Å²) in [5.74, 6) is -0.519. The molecular formula is C19H24N4O4S. The van der Waals surface area contributed by atoms with Crippen molar-refractivity contribution in [2.45, 2.75) is 24.7 Å². The number of hydrogen-bond acceptors (Lipinski definition) is 5. The van der Waals surface area contributed by atoms with Crippen molar-refractivity contribution in [3.8, 4) is 0 Å². The average molecular weight is 404 g/mol. The normalized spacial score (nSPS) is 11.0. The van der Waals surface area contributed by atoms with Crippen molar-refractivity contribution in [1.29, 1.82) is 0 Å². The van der Waals surface area contributed by atoms with Gasteiger partial charge in [-0.25, -0.2) is 22.9 Å². The van der Waals surface area contributed by atoms with Crippen molar-refractivity contribution in [2.75, 3.05) is 13.2 Å². The smallest absolute Gasteiger partial charge is 0.338 e. The monoisotopic (exact) mass is 404 g/mol. The van der Waals surface area contributed by atoms with Gasteiger partial charge in [-0.1, -0.05) is 19.1 Å². The molecule has 0 unspecified atom stereocenters. The molecule has 0 bridgehead atoms. The second-order valence-electron chi connectivity index (χ2n) is 6.01. The first-order valence-electron chi connectivity index (χ1n) is 8.77. The third-order valence-corrected chi connectivity index (χ3v) is 5.24. The van der Waals surface area contributed by atoms with Crippen LogP contribution in [0.3, 0.4) is 0 Å². The average Bonchev–Trinajstić information content (AvgIpc) is 2.67. The highest BCUT2D eigenvalue weighted by Crippen LogP contribution is 2.14. The van der Waals surface area contributed by atoms with Crippen LogP contribution in [0.25, 0.3) is 0 Å². The number of ether oxygens (including phenoxy) is 1. The van der Waals surface area contributed by atoms with Crippen molar-refractivity contribution in [2.24, 2.45) is 16.5 Å². The molecule has 28 heavy (non-hydrogen) atoms. The summed E-state index contributed by atoms with van der Waals surface area (Å²) in [5, 5.41) is 0. The minimum Gasteiger partial charge on any atom is -0.462 e. The molecule has 2 aromatic carbocycles. The Kier molecular flexibility index (Phi) is 7.53. The fourth-order valence-corrected chi connectivity index (χ4v) is 3.45. The van der Waals surface area contributed by atoms with Gasteiger partial charge < -0.3 is 16.2 Å². The van der Waals surface area contributed by atoms with Crippen LogP contribution in [-0.4, -0.2) is 33.5 Å². The van der Waals surface area contributed by atoms with Crippen molar-refractivity contribution < 1.29 is 17.9 Å². The highest BCUT2D eigenvalue weighted by Gasteiger charge is 2.12. The highest BCUT2D eigenvalue weighted by molar-refractivity contribution is 7.89. The number of aliphatic imine (C=N–C) groups is 1. The molecule has 8 nitrogen and oxygen atoms in total. The van der Waals surface area contributed by atoms with Crippen LogP contribution in [0.1, 0.15) is 29.3 Å². The number of esters is 1. The van der Waals surface area contributed by atoms with Gasteiger partial charge in [0.25, 0.3) is 0 Å². The lowest BCUT2D eigenvalue weighted by Gasteiger charge is -2.08. The number of nitrogens with two attached hydrogens (primary N) is 2. The minimum atomic E-state index is -3.48. The number of rotatable bonds is 9. The molecule has 0 aliphatic carbocycles. The molecule has 0 amide bonds. The Labute approximate surface area is 164 Å². The molecule has 2 rings (SSSR count). The molecule has 0 radical (unpaired) electrons. The number of sulfonamides is 1. The molecule has 0 aliphatic rings. The molecule has 0 spiro atoms. The zero-order valence-electron chi connectivity index (χ0n) is 15.6. The molecule has 0 saturated heterocycles. The molecular weight excluding hydrogens is 380 g/mol. The molecule has 0 fully saturated rings. The zero-order valence-corrected chi connectivity index (χ0v) is 16.4. The Balaban J connectivity index is 1.87. The van der Waals surface area contributed by atoms with Gasteiger partial charge in [-0.3, -0.25) is 0 Å². The number of carbonyl (C=O) groups excluding carboxylic acids is 1. The minimum absolute atomic E-state index is 0.0599. The van der Waals surface area contributed by atoms with E-state index in [1.54, 1.807) is 36.4 Å². The predicted molar refractivity (Wildman–Crippen MR) is 108 cm³/mol. The lowest BCUT2D eigenvalue weighted by Crippen LogP contribution is -2.24. The summed E-state index contributed by atoms with van der Waals surface area (Å²) in [6.45, 7) is 2.47. The molecule has 0 saturated carbocycles. The summed E-state index contributed by atoms with van der Waals surface area (Å²) in [6, 6.07) is 12.9. The van der Waals surface area contributed by atoms with Gasteiger partial charge in [-0.15, -0.1) is 0 Å². The van der Waals surface area contributed by atoms with Crippen LogP contribution >= 0.6 is 0 Å². The molecule has 9 heteroatoms. The van der Waals surface area contributed by atoms with Gasteiger partial charge in [0, 0.05) is 13.0 Å². The van der Waals surface area contributed by atoms with E-state index in [2.05, 4.69) is 9.71 Å². The van der Waals surface area contributed by atoms with Crippen LogP contribution in [0.15, 0.2) is 58.4 Å². The van der Waals surface area contributed by atoms with E-state index in [1.165, 1.54) is 12.1 Å². The van der Waals surface area contributed by atoms with Crippen molar-refractivity contribution >= 4 is 27.6 Å². The Morgan fingerprint density at radius 3 is 2.29 bits per heavy atom. The number of nitrogens with one attached hydrogen (secondary N) is 1. The van der Waals surface area contributed by atoms with Crippen LogP contribution in [0.2, 0.25) is 0 Å². The molecule has 0 aliphatic heterocycles. The Morgan fingerprint density at radius 1 is 1.07 bits per heavy atom. The van der Waals surface area contributed by atoms with E-state index in [9.17, 15) is 13.2 Å². The first-order chi connectivity index (χ1) is 13.3. The maximum absolute atomic E-state index is 12.1. The summed E-state index contributed by atoms with van der Waals surface area (Å²) < 4.78 is 31.9. The summed E-state index contributed by atoms with van der Waals surface area (Å²) in [6.07, 6.45) is 1.19. The topological polar surface area (TPSA) is 137 Å². The standard InChI is InChI=1S/C19H24N4O4S/c1-2-12-22-28(25,26)17-9-3-14(4-10-17)11-13-27-18(24)15-5-7-16(8-6-15)23-19(20)21/h3-10,22H,2,11-13H2,1H3,(H4,20,21,23). The van der Waals surface area contributed by atoms with E-state index in [0.717, 1.165) is 12.0 Å². The third-order valence-electron chi connectivity index (χ3n) is 3.76. The Bertz CT molecular complexity index is 919. The molecule has 150 valence electrons. The van der Waals surface area contributed by atoms with Crippen molar-refractivity contribution in [3.63, 3.8) is 0 Å². The fourth-order valence-electron chi connectivity index (χ4n) is 2.32. The number of benzene rings is 2. The first kappa shape index (κ1) is 21.4. The lowest BCUT2D eigenvalue weighted by atomic mass is 10.2. The summed E-state index contributed by atoms with van der Waals surface area (Å²) in [5.41, 5.74) is 12.4. The SMILES string of the molecule is CCCNS(=O)(=O)c1ccc(CCOC(=O)c2ccc(N=C(N)N)cc2)cc1.